The highest BCUT2D eigenvalue weighted by Gasteiger charge is 2.67. The monoisotopic (exact) mass is 455 g/mol. The molecule has 2 saturated carbocycles. The molecule has 2 aromatic rings. The zero-order valence-electron chi connectivity index (χ0n) is 19.0. The molecule has 6 nitrogen and oxygen atoms in total. The predicted molar refractivity (Wildman–Crippen MR) is 124 cm³/mol. The molecule has 2 bridgehead atoms. The standard InChI is InChI=1S/C28H25NO5/c1-14-6-8-16(9-7-14)25(30)15(2)34-28(33)17-4-3-5-18(12-17)29-26(31)23-19-10-11-20(22-13-21(19)22)24(23)27(29)32/h3-12,15,19-24H,13H2,1-2H3/t15-,19-,20-,21-,22-,23-,24+/m0/s1. The molecule has 4 aliphatic carbocycles. The molecule has 0 N–H and O–H groups in total. The number of hydrogen-bond donors (Lipinski definition) is 0. The number of ketones is 1. The number of amides is 2. The first-order valence-electron chi connectivity index (χ1n) is 11.8. The van der Waals surface area contributed by atoms with Crippen LogP contribution >= 0.6 is 0 Å². The zero-order valence-corrected chi connectivity index (χ0v) is 19.0. The highest BCUT2D eigenvalue weighted by Crippen LogP contribution is 2.65. The van der Waals surface area contributed by atoms with Gasteiger partial charge in [0.2, 0.25) is 17.6 Å². The van der Waals surface area contributed by atoms with E-state index in [1.165, 1.54) is 17.9 Å². The Hall–Kier alpha value is -3.54. The van der Waals surface area contributed by atoms with Crippen LogP contribution in [0.3, 0.4) is 0 Å². The lowest BCUT2D eigenvalue weighted by molar-refractivity contribution is -0.124. The number of imide groups is 1. The maximum Gasteiger partial charge on any atom is 0.338 e. The van der Waals surface area contributed by atoms with Crippen LogP contribution in [0.4, 0.5) is 5.69 Å². The van der Waals surface area contributed by atoms with E-state index in [1.807, 2.05) is 19.1 Å². The molecular weight excluding hydrogens is 430 g/mol. The van der Waals surface area contributed by atoms with Gasteiger partial charge in [0.25, 0.3) is 0 Å². The number of carbonyl (C=O) groups is 4. The Morgan fingerprint density at radius 3 is 2.15 bits per heavy atom. The van der Waals surface area contributed by atoms with Gasteiger partial charge in [0.15, 0.2) is 6.10 Å². The number of benzene rings is 2. The van der Waals surface area contributed by atoms with Gasteiger partial charge in [0, 0.05) is 5.56 Å². The highest BCUT2D eigenvalue weighted by molar-refractivity contribution is 6.23. The van der Waals surface area contributed by atoms with E-state index >= 15 is 0 Å². The van der Waals surface area contributed by atoms with Gasteiger partial charge < -0.3 is 4.74 Å². The molecule has 0 unspecified atom stereocenters. The SMILES string of the molecule is Cc1ccc(C(=O)[C@H](C)OC(=O)c2cccc(N3C(=O)[C@@H]4[C@H]5C=C[C@@H]([C@@H]6C[C@@H]56)[C@@H]4C3=O)c2)cc1. The fourth-order valence-electron chi connectivity index (χ4n) is 6.22. The summed E-state index contributed by atoms with van der Waals surface area (Å²) in [7, 11) is 0. The number of anilines is 1. The van der Waals surface area contributed by atoms with E-state index in [9.17, 15) is 19.2 Å². The van der Waals surface area contributed by atoms with Gasteiger partial charge in [-0.1, -0.05) is 48.0 Å². The van der Waals surface area contributed by atoms with Gasteiger partial charge in [-0.15, -0.1) is 0 Å². The molecule has 7 atom stereocenters. The Kier molecular flexibility index (Phi) is 4.63. The molecule has 2 amide bonds. The lowest BCUT2D eigenvalue weighted by atomic mass is 9.63. The van der Waals surface area contributed by atoms with Gasteiger partial charge in [0.1, 0.15) is 0 Å². The second kappa shape index (κ2) is 7.49. The molecule has 6 heteroatoms. The molecule has 0 aromatic heterocycles. The average molecular weight is 456 g/mol. The Morgan fingerprint density at radius 2 is 1.53 bits per heavy atom. The minimum Gasteiger partial charge on any atom is -0.451 e. The van der Waals surface area contributed by atoms with Crippen LogP contribution in [0.1, 0.15) is 39.6 Å². The number of rotatable bonds is 5. The first-order chi connectivity index (χ1) is 16.3. The third-order valence-corrected chi connectivity index (χ3v) is 7.99. The van der Waals surface area contributed by atoms with Crippen LogP contribution in [0.25, 0.3) is 0 Å². The van der Waals surface area contributed by atoms with Crippen LogP contribution in [-0.4, -0.2) is 29.7 Å². The van der Waals surface area contributed by atoms with Crippen molar-refractivity contribution in [3.8, 4) is 0 Å². The van der Waals surface area contributed by atoms with Crippen LogP contribution in [0.2, 0.25) is 0 Å². The van der Waals surface area contributed by atoms with Gasteiger partial charge in [0.05, 0.1) is 23.1 Å². The first-order valence-corrected chi connectivity index (χ1v) is 11.8. The van der Waals surface area contributed by atoms with E-state index in [2.05, 4.69) is 12.2 Å². The van der Waals surface area contributed by atoms with E-state index in [0.717, 1.165) is 12.0 Å². The molecular formula is C28H25NO5. The first kappa shape index (κ1) is 21.0. The third kappa shape index (κ3) is 3.08. The molecule has 3 fully saturated rings. The molecule has 34 heavy (non-hydrogen) atoms. The lowest BCUT2D eigenvalue weighted by Gasteiger charge is -2.37. The van der Waals surface area contributed by atoms with E-state index in [1.54, 1.807) is 30.3 Å². The molecule has 5 aliphatic rings. The molecule has 0 radical (unpaired) electrons. The smallest absolute Gasteiger partial charge is 0.338 e. The van der Waals surface area contributed by atoms with Gasteiger partial charge in [-0.2, -0.15) is 0 Å². The Balaban J connectivity index is 1.21. The van der Waals surface area contributed by atoms with Gasteiger partial charge in [-0.05, 0) is 62.1 Å². The fraction of sp³-hybridized carbons (Fsp3) is 0.357. The van der Waals surface area contributed by atoms with Crippen LogP contribution < -0.4 is 4.90 Å². The summed E-state index contributed by atoms with van der Waals surface area (Å²) in [4.78, 5) is 53.4. The summed E-state index contributed by atoms with van der Waals surface area (Å²) in [6.45, 7) is 3.47. The van der Waals surface area contributed by atoms with E-state index < -0.39 is 12.1 Å². The van der Waals surface area contributed by atoms with Crippen molar-refractivity contribution in [2.24, 2.45) is 35.5 Å². The van der Waals surface area contributed by atoms with Crippen molar-refractivity contribution in [3.63, 3.8) is 0 Å². The molecule has 1 aliphatic heterocycles. The molecule has 0 spiro atoms. The van der Waals surface area contributed by atoms with Crippen LogP contribution in [-0.2, 0) is 14.3 Å². The van der Waals surface area contributed by atoms with E-state index in [-0.39, 0.29) is 46.8 Å². The van der Waals surface area contributed by atoms with Gasteiger partial charge >= 0.3 is 5.97 Å². The normalized spacial score (nSPS) is 31.2. The summed E-state index contributed by atoms with van der Waals surface area (Å²) in [5.41, 5.74) is 2.08. The minimum absolute atomic E-state index is 0.142. The third-order valence-electron chi connectivity index (χ3n) is 7.99. The fourth-order valence-corrected chi connectivity index (χ4v) is 6.22. The summed E-state index contributed by atoms with van der Waals surface area (Å²) in [5.74, 6) is -0.561. The van der Waals surface area contributed by atoms with Crippen molar-refractivity contribution in [3.05, 3.63) is 77.4 Å². The molecule has 172 valence electrons. The predicted octanol–water partition coefficient (Wildman–Crippen LogP) is 3.98. The second-order valence-corrected chi connectivity index (χ2v) is 9.99. The quantitative estimate of drug-likeness (QED) is 0.295. The summed E-state index contributed by atoms with van der Waals surface area (Å²) in [6.07, 6.45) is 4.41. The van der Waals surface area contributed by atoms with Crippen molar-refractivity contribution < 1.29 is 23.9 Å². The lowest BCUT2D eigenvalue weighted by Crippen LogP contribution is -2.40. The molecule has 2 aromatic carbocycles. The summed E-state index contributed by atoms with van der Waals surface area (Å²) < 4.78 is 5.43. The van der Waals surface area contributed by atoms with Gasteiger partial charge in [-0.25, -0.2) is 9.69 Å². The van der Waals surface area contributed by atoms with Gasteiger partial charge in [-0.3, -0.25) is 14.4 Å². The Labute approximate surface area is 197 Å². The summed E-state index contributed by atoms with van der Waals surface area (Å²) in [6, 6.07) is 13.4. The molecule has 1 heterocycles. The van der Waals surface area contributed by atoms with Crippen molar-refractivity contribution in [1.82, 2.24) is 0 Å². The average Bonchev–Trinajstić information content (AvgIpc) is 3.62. The maximum atomic E-state index is 13.3. The van der Waals surface area contributed by atoms with Crippen LogP contribution in [0.5, 0.6) is 0 Å². The summed E-state index contributed by atoms with van der Waals surface area (Å²) >= 11 is 0. The minimum atomic E-state index is -0.967. The maximum absolute atomic E-state index is 13.3. The number of nitrogens with zero attached hydrogens (tertiary/aromatic N) is 1. The largest absolute Gasteiger partial charge is 0.451 e. The molecule has 7 rings (SSSR count). The van der Waals surface area contributed by atoms with Crippen LogP contribution in [0, 0.1) is 42.4 Å². The van der Waals surface area contributed by atoms with Crippen molar-refractivity contribution >= 4 is 29.3 Å². The van der Waals surface area contributed by atoms with Crippen molar-refractivity contribution in [2.75, 3.05) is 4.90 Å². The van der Waals surface area contributed by atoms with Crippen LogP contribution in [0.15, 0.2) is 60.7 Å². The number of esters is 1. The summed E-state index contributed by atoms with van der Waals surface area (Å²) in [5, 5.41) is 0. The number of allylic oxidation sites excluding steroid dienone is 2. The number of ether oxygens (including phenoxy) is 1. The van der Waals surface area contributed by atoms with Crippen molar-refractivity contribution in [1.29, 1.82) is 0 Å². The Bertz CT molecular complexity index is 1230. The molecule has 1 saturated heterocycles. The number of aryl methyl sites for hydroxylation is 1. The zero-order chi connectivity index (χ0) is 23.7. The Morgan fingerprint density at radius 1 is 0.912 bits per heavy atom. The number of carbonyl (C=O) groups excluding carboxylic acids is 4. The second-order valence-electron chi connectivity index (χ2n) is 9.99. The number of Topliss-reactive ketones (excluding diaryl/α,β-unsaturated/α-hetero) is 1. The van der Waals surface area contributed by atoms with E-state index in [0.29, 0.717) is 23.1 Å². The van der Waals surface area contributed by atoms with E-state index in [4.69, 9.17) is 4.74 Å². The number of hydrogen-bond acceptors (Lipinski definition) is 5. The topological polar surface area (TPSA) is 80.8 Å². The van der Waals surface area contributed by atoms with Crippen molar-refractivity contribution in [2.45, 2.75) is 26.4 Å². The highest BCUT2D eigenvalue weighted by atomic mass is 16.5.